The minimum absolute atomic E-state index is 0.0210. The lowest BCUT2D eigenvalue weighted by molar-refractivity contribution is -0.161. The highest BCUT2D eigenvalue weighted by atomic mass is 35.5. The monoisotopic (exact) mass is 486 g/mol. The minimum Gasteiger partial charge on any atom is -0.480 e. The summed E-state index contributed by atoms with van der Waals surface area (Å²) in [6.45, 7) is 0. The summed E-state index contributed by atoms with van der Waals surface area (Å²) >= 11 is 11.8. The lowest BCUT2D eigenvalue weighted by Gasteiger charge is -2.71. The van der Waals surface area contributed by atoms with Gasteiger partial charge in [-0.2, -0.15) is 0 Å². The van der Waals surface area contributed by atoms with Gasteiger partial charge in [-0.15, -0.1) is 0 Å². The van der Waals surface area contributed by atoms with Crippen molar-refractivity contribution in [3.05, 3.63) is 76.3 Å². The smallest absolute Gasteiger partial charge is 0.261 e. The van der Waals surface area contributed by atoms with Gasteiger partial charge < -0.3 is 19.7 Å². The summed E-state index contributed by atoms with van der Waals surface area (Å²) in [5.74, 6) is -0.145. The molecule has 0 spiro atoms. The molecule has 1 amide bonds. The second-order valence-electron chi connectivity index (χ2n) is 9.50. The SMILES string of the molecule is O=C(NC12CC(n3ccc(-c4ccc(Cl)c(F)c4)c3)(C1)C2)[C@H]1C[C@@H](O)c2cc(Cl)ccc2O1. The molecule has 3 aromatic rings. The number of aromatic nitrogens is 1. The first kappa shape index (κ1) is 21.0. The molecule has 0 unspecified atom stereocenters. The van der Waals surface area contributed by atoms with Crippen LogP contribution in [0.2, 0.25) is 10.0 Å². The molecular formula is C25H21Cl2FN2O3. The van der Waals surface area contributed by atoms with Crippen molar-refractivity contribution in [1.82, 2.24) is 9.88 Å². The second kappa shape index (κ2) is 7.23. The number of benzene rings is 2. The Hall–Kier alpha value is -2.54. The average Bonchev–Trinajstić information content (AvgIpc) is 3.21. The standard InChI is InChI=1S/C25H21Cl2FN2O3/c26-16-2-4-21-17(8-16)20(31)9-22(33-21)23(32)29-24-11-25(12-24,13-24)30-6-5-15(10-30)14-1-3-18(27)19(28)7-14/h1-8,10,20,22,31H,9,11-13H2,(H,29,32)/t20-,22-,24?,25?/m1/s1. The van der Waals surface area contributed by atoms with Crippen LogP contribution in [0.3, 0.4) is 0 Å². The Labute approximate surface area is 200 Å². The number of carbonyl (C=O) groups excluding carboxylic acids is 1. The Balaban J connectivity index is 1.11. The number of aliphatic hydroxyl groups excluding tert-OH is 1. The van der Waals surface area contributed by atoms with Gasteiger partial charge >= 0.3 is 0 Å². The van der Waals surface area contributed by atoms with Crippen LogP contribution >= 0.6 is 23.2 Å². The molecule has 0 radical (unpaired) electrons. The van der Waals surface area contributed by atoms with E-state index in [1.54, 1.807) is 30.3 Å². The molecule has 1 aromatic heterocycles. The number of hydrogen-bond donors (Lipinski definition) is 2. The fraction of sp³-hybridized carbons (Fsp3) is 0.320. The van der Waals surface area contributed by atoms with Crippen LogP contribution in [0, 0.1) is 5.82 Å². The predicted molar refractivity (Wildman–Crippen MR) is 123 cm³/mol. The summed E-state index contributed by atoms with van der Waals surface area (Å²) in [6, 6.07) is 11.8. The van der Waals surface area contributed by atoms with E-state index in [0.29, 0.717) is 16.3 Å². The third-order valence-corrected chi connectivity index (χ3v) is 7.76. The molecule has 2 N–H and O–H groups in total. The number of rotatable bonds is 4. The van der Waals surface area contributed by atoms with Crippen LogP contribution in [0.1, 0.15) is 37.4 Å². The maximum absolute atomic E-state index is 13.8. The molecule has 33 heavy (non-hydrogen) atoms. The molecule has 7 rings (SSSR count). The first-order valence-corrected chi connectivity index (χ1v) is 11.6. The van der Waals surface area contributed by atoms with E-state index >= 15 is 0 Å². The number of nitrogens with one attached hydrogen (secondary N) is 1. The van der Waals surface area contributed by atoms with Crippen LogP contribution in [0.15, 0.2) is 54.9 Å². The van der Waals surface area contributed by atoms with Gasteiger partial charge in [0.05, 0.1) is 16.7 Å². The van der Waals surface area contributed by atoms with Crippen molar-refractivity contribution in [3.63, 3.8) is 0 Å². The van der Waals surface area contributed by atoms with E-state index < -0.39 is 18.0 Å². The third-order valence-electron chi connectivity index (χ3n) is 7.21. The Morgan fingerprint density at radius 3 is 2.67 bits per heavy atom. The molecule has 1 aliphatic heterocycles. The molecule has 8 heteroatoms. The fourth-order valence-corrected chi connectivity index (χ4v) is 5.90. The summed E-state index contributed by atoms with van der Waals surface area (Å²) < 4.78 is 21.9. The highest BCUT2D eigenvalue weighted by molar-refractivity contribution is 6.31. The van der Waals surface area contributed by atoms with Gasteiger partial charge in [0.2, 0.25) is 0 Å². The number of aliphatic hydroxyl groups is 1. The average molecular weight is 487 g/mol. The molecular weight excluding hydrogens is 466 g/mol. The van der Waals surface area contributed by atoms with Crippen molar-refractivity contribution in [2.24, 2.45) is 0 Å². The molecule has 2 aromatic carbocycles. The summed E-state index contributed by atoms with van der Waals surface area (Å²) in [6.07, 6.45) is 5.18. The first-order chi connectivity index (χ1) is 15.8. The zero-order valence-corrected chi connectivity index (χ0v) is 19.0. The summed E-state index contributed by atoms with van der Waals surface area (Å²) in [5, 5.41) is 14.2. The molecule has 3 saturated carbocycles. The van der Waals surface area contributed by atoms with Gasteiger partial charge in [-0.3, -0.25) is 4.79 Å². The first-order valence-electron chi connectivity index (χ1n) is 10.9. The van der Waals surface area contributed by atoms with Crippen molar-refractivity contribution >= 4 is 29.1 Å². The van der Waals surface area contributed by atoms with Crippen LogP contribution in [0.5, 0.6) is 5.75 Å². The number of amides is 1. The van der Waals surface area contributed by atoms with Crippen molar-refractivity contribution in [2.45, 2.75) is 49.0 Å². The van der Waals surface area contributed by atoms with Crippen LogP contribution in [0.25, 0.3) is 11.1 Å². The lowest BCUT2D eigenvalue weighted by Crippen LogP contribution is -2.79. The number of nitrogens with zero attached hydrogens (tertiary/aromatic N) is 1. The zero-order chi connectivity index (χ0) is 23.0. The maximum atomic E-state index is 13.8. The topological polar surface area (TPSA) is 63.5 Å². The third kappa shape index (κ3) is 3.35. The fourth-order valence-electron chi connectivity index (χ4n) is 5.60. The van der Waals surface area contributed by atoms with Crippen LogP contribution in [-0.4, -0.2) is 27.2 Å². The van der Waals surface area contributed by atoms with E-state index in [-0.39, 0.29) is 28.4 Å². The van der Waals surface area contributed by atoms with Gasteiger partial charge in [0.15, 0.2) is 6.10 Å². The van der Waals surface area contributed by atoms with E-state index in [9.17, 15) is 14.3 Å². The van der Waals surface area contributed by atoms with E-state index in [0.717, 1.165) is 30.4 Å². The normalized spacial score (nSPS) is 29.3. The quantitative estimate of drug-likeness (QED) is 0.530. The van der Waals surface area contributed by atoms with Crippen molar-refractivity contribution in [1.29, 1.82) is 0 Å². The molecule has 170 valence electrons. The van der Waals surface area contributed by atoms with Crippen LogP contribution < -0.4 is 10.1 Å². The van der Waals surface area contributed by atoms with E-state index in [1.807, 2.05) is 18.5 Å². The highest BCUT2D eigenvalue weighted by Crippen LogP contribution is 2.65. The summed E-state index contributed by atoms with van der Waals surface area (Å²) in [7, 11) is 0. The largest absolute Gasteiger partial charge is 0.480 e. The van der Waals surface area contributed by atoms with Gasteiger partial charge in [0, 0.05) is 34.9 Å². The number of halogens is 3. The zero-order valence-electron chi connectivity index (χ0n) is 17.5. The predicted octanol–water partition coefficient (Wildman–Crippen LogP) is 5.23. The van der Waals surface area contributed by atoms with Crippen molar-refractivity contribution in [3.8, 4) is 16.9 Å². The molecule has 0 saturated heterocycles. The van der Waals surface area contributed by atoms with Gasteiger partial charge in [0.1, 0.15) is 11.6 Å². The van der Waals surface area contributed by atoms with Gasteiger partial charge in [0.25, 0.3) is 5.91 Å². The molecule has 2 atom stereocenters. The van der Waals surface area contributed by atoms with Crippen LogP contribution in [-0.2, 0) is 10.3 Å². The van der Waals surface area contributed by atoms with Gasteiger partial charge in [-0.25, -0.2) is 4.39 Å². The van der Waals surface area contributed by atoms with Crippen molar-refractivity contribution < 1.29 is 19.0 Å². The van der Waals surface area contributed by atoms with Crippen LogP contribution in [0.4, 0.5) is 4.39 Å². The van der Waals surface area contributed by atoms with Crippen molar-refractivity contribution in [2.75, 3.05) is 0 Å². The van der Waals surface area contributed by atoms with E-state index in [2.05, 4.69) is 9.88 Å². The molecule has 3 aliphatic carbocycles. The van der Waals surface area contributed by atoms with Gasteiger partial charge in [-0.1, -0.05) is 29.3 Å². The van der Waals surface area contributed by atoms with Gasteiger partial charge in [-0.05, 0) is 66.8 Å². The molecule has 2 heterocycles. The Kier molecular flexibility index (Phi) is 4.60. The maximum Gasteiger partial charge on any atom is 0.261 e. The van der Waals surface area contributed by atoms with E-state index in [1.165, 1.54) is 6.07 Å². The van der Waals surface area contributed by atoms with E-state index in [4.69, 9.17) is 27.9 Å². The molecule has 2 bridgehead atoms. The molecule has 5 nitrogen and oxygen atoms in total. The second-order valence-corrected chi connectivity index (χ2v) is 10.3. The lowest BCUT2D eigenvalue weighted by atomic mass is 9.44. The molecule has 4 aliphatic rings. The highest BCUT2D eigenvalue weighted by Gasteiger charge is 2.69. The summed E-state index contributed by atoms with van der Waals surface area (Å²) in [5.41, 5.74) is 2.06. The molecule has 3 fully saturated rings. The Morgan fingerprint density at radius 1 is 1.12 bits per heavy atom. The number of ether oxygens (including phenoxy) is 1. The minimum atomic E-state index is -0.793. The number of carbonyl (C=O) groups is 1. The number of hydrogen-bond acceptors (Lipinski definition) is 3. The number of fused-ring (bicyclic) bond motifs is 1. The Morgan fingerprint density at radius 2 is 1.91 bits per heavy atom. The Bertz CT molecular complexity index is 1270. The summed E-state index contributed by atoms with van der Waals surface area (Å²) in [4.78, 5) is 12.9.